The predicted octanol–water partition coefficient (Wildman–Crippen LogP) is 4.78. The van der Waals surface area contributed by atoms with Crippen molar-refractivity contribution in [3.05, 3.63) is 35.4 Å². The molecule has 0 aliphatic heterocycles. The number of rotatable bonds is 4. The maximum absolute atomic E-state index is 4.90. The molecule has 18 heavy (non-hydrogen) atoms. The summed E-state index contributed by atoms with van der Waals surface area (Å²) < 4.78 is 0. The summed E-state index contributed by atoms with van der Waals surface area (Å²) >= 11 is 0. The second kappa shape index (κ2) is 6.72. The minimum Gasteiger partial charge on any atom is -0.286 e. The summed E-state index contributed by atoms with van der Waals surface area (Å²) in [6.07, 6.45) is 9.08. The third-order valence-corrected chi connectivity index (χ3v) is 3.86. The molecule has 1 aliphatic rings. The van der Waals surface area contributed by atoms with E-state index in [0.29, 0.717) is 6.04 Å². The number of aryl methyl sites for hydroxylation is 1. The number of aliphatic imine (C=N–C) groups is 1. The fourth-order valence-electron chi connectivity index (χ4n) is 2.76. The molecule has 0 heterocycles. The van der Waals surface area contributed by atoms with Crippen molar-refractivity contribution in [3.63, 3.8) is 0 Å². The van der Waals surface area contributed by atoms with Crippen LogP contribution in [0.1, 0.15) is 63.5 Å². The van der Waals surface area contributed by atoms with E-state index in [4.69, 9.17) is 4.99 Å². The fourth-order valence-corrected chi connectivity index (χ4v) is 2.76. The smallest absolute Gasteiger partial charge is 0.0503 e. The SMILES string of the molecule is CCCc1ccc(C(C)=NC2CCCCC2)cc1. The zero-order chi connectivity index (χ0) is 12.8. The van der Waals surface area contributed by atoms with Crippen molar-refractivity contribution in [3.8, 4) is 0 Å². The van der Waals surface area contributed by atoms with Crippen molar-refractivity contribution in [2.45, 2.75) is 64.8 Å². The summed E-state index contributed by atoms with van der Waals surface area (Å²) in [6, 6.07) is 9.53. The molecule has 0 atom stereocenters. The van der Waals surface area contributed by atoms with E-state index in [1.165, 1.54) is 61.8 Å². The maximum Gasteiger partial charge on any atom is 0.0503 e. The van der Waals surface area contributed by atoms with E-state index in [9.17, 15) is 0 Å². The average Bonchev–Trinajstić information content (AvgIpc) is 2.41. The Kier molecular flexibility index (Phi) is 4.98. The highest BCUT2D eigenvalue weighted by atomic mass is 14.8. The van der Waals surface area contributed by atoms with Crippen LogP contribution >= 0.6 is 0 Å². The van der Waals surface area contributed by atoms with Crippen LogP contribution in [0.4, 0.5) is 0 Å². The minimum absolute atomic E-state index is 0.578. The van der Waals surface area contributed by atoms with Crippen LogP contribution in [0.3, 0.4) is 0 Å². The largest absolute Gasteiger partial charge is 0.286 e. The average molecular weight is 243 g/mol. The molecule has 0 unspecified atom stereocenters. The van der Waals surface area contributed by atoms with Crippen molar-refractivity contribution in [1.29, 1.82) is 0 Å². The summed E-state index contributed by atoms with van der Waals surface area (Å²) in [4.78, 5) is 4.90. The van der Waals surface area contributed by atoms with E-state index in [0.717, 1.165) is 0 Å². The normalized spacial score (nSPS) is 18.0. The van der Waals surface area contributed by atoms with Crippen LogP contribution in [0.2, 0.25) is 0 Å². The third-order valence-electron chi connectivity index (χ3n) is 3.86. The highest BCUT2D eigenvalue weighted by molar-refractivity contribution is 5.98. The van der Waals surface area contributed by atoms with Crippen LogP contribution in [0.15, 0.2) is 29.3 Å². The van der Waals surface area contributed by atoms with Crippen molar-refractivity contribution in [2.75, 3.05) is 0 Å². The molecule has 0 amide bonds. The first-order valence-corrected chi connectivity index (χ1v) is 7.43. The molecule has 0 spiro atoms. The van der Waals surface area contributed by atoms with E-state index in [1.807, 2.05) is 0 Å². The number of nitrogens with zero attached hydrogens (tertiary/aromatic N) is 1. The van der Waals surface area contributed by atoms with E-state index in [1.54, 1.807) is 0 Å². The van der Waals surface area contributed by atoms with Crippen molar-refractivity contribution >= 4 is 5.71 Å². The molecule has 1 aliphatic carbocycles. The molecule has 1 nitrogen and oxygen atoms in total. The summed E-state index contributed by atoms with van der Waals surface area (Å²) in [5, 5.41) is 0. The number of benzene rings is 1. The minimum atomic E-state index is 0.578. The Balaban J connectivity index is 2.02. The number of hydrogen-bond acceptors (Lipinski definition) is 1. The van der Waals surface area contributed by atoms with Gasteiger partial charge in [0.2, 0.25) is 0 Å². The van der Waals surface area contributed by atoms with Gasteiger partial charge in [-0.25, -0.2) is 0 Å². The fraction of sp³-hybridized carbons (Fsp3) is 0.588. The Labute approximate surface area is 111 Å². The van der Waals surface area contributed by atoms with Gasteiger partial charge in [0.05, 0.1) is 6.04 Å². The Morgan fingerprint density at radius 1 is 1.11 bits per heavy atom. The highest BCUT2D eigenvalue weighted by Crippen LogP contribution is 2.21. The maximum atomic E-state index is 4.90. The van der Waals surface area contributed by atoms with Gasteiger partial charge in [-0.1, -0.05) is 56.9 Å². The molecule has 0 bridgehead atoms. The second-order valence-corrected chi connectivity index (χ2v) is 5.45. The summed E-state index contributed by atoms with van der Waals surface area (Å²) in [6.45, 7) is 4.38. The van der Waals surface area contributed by atoms with E-state index in [-0.39, 0.29) is 0 Å². The molecule has 0 saturated heterocycles. The van der Waals surface area contributed by atoms with Crippen LogP contribution < -0.4 is 0 Å². The third kappa shape index (κ3) is 3.69. The zero-order valence-electron chi connectivity index (χ0n) is 11.8. The highest BCUT2D eigenvalue weighted by Gasteiger charge is 2.12. The van der Waals surface area contributed by atoms with Gasteiger partial charge in [-0.3, -0.25) is 4.99 Å². The summed E-state index contributed by atoms with van der Waals surface area (Å²) in [5.41, 5.74) is 3.94. The van der Waals surface area contributed by atoms with Gasteiger partial charge in [0, 0.05) is 5.71 Å². The molecule has 2 rings (SSSR count). The molecule has 0 N–H and O–H groups in total. The molecule has 1 aromatic carbocycles. The van der Waals surface area contributed by atoms with E-state index < -0.39 is 0 Å². The molecule has 1 heteroatoms. The Hall–Kier alpha value is -1.11. The second-order valence-electron chi connectivity index (χ2n) is 5.45. The van der Waals surface area contributed by atoms with Crippen molar-refractivity contribution < 1.29 is 0 Å². The first-order valence-electron chi connectivity index (χ1n) is 7.43. The van der Waals surface area contributed by atoms with Gasteiger partial charge >= 0.3 is 0 Å². The van der Waals surface area contributed by atoms with Gasteiger partial charge in [-0.05, 0) is 37.3 Å². The van der Waals surface area contributed by atoms with E-state index in [2.05, 4.69) is 38.1 Å². The molecule has 1 aromatic rings. The van der Waals surface area contributed by atoms with Gasteiger partial charge < -0.3 is 0 Å². The first kappa shape index (κ1) is 13.3. The Bertz CT molecular complexity index is 383. The van der Waals surface area contributed by atoms with Gasteiger partial charge in [0.15, 0.2) is 0 Å². The first-order chi connectivity index (χ1) is 8.79. The lowest BCUT2D eigenvalue weighted by Crippen LogP contribution is -2.12. The molecule has 0 aromatic heterocycles. The lowest BCUT2D eigenvalue weighted by Gasteiger charge is -2.18. The van der Waals surface area contributed by atoms with Crippen LogP contribution in [-0.2, 0) is 6.42 Å². The Morgan fingerprint density at radius 3 is 2.39 bits per heavy atom. The summed E-state index contributed by atoms with van der Waals surface area (Å²) in [7, 11) is 0. The molecule has 1 saturated carbocycles. The molecular formula is C17H25N. The van der Waals surface area contributed by atoms with Gasteiger partial charge in [0.1, 0.15) is 0 Å². The lowest BCUT2D eigenvalue weighted by molar-refractivity contribution is 0.443. The quantitative estimate of drug-likeness (QED) is 0.675. The van der Waals surface area contributed by atoms with Gasteiger partial charge in [0.25, 0.3) is 0 Å². The van der Waals surface area contributed by atoms with E-state index >= 15 is 0 Å². The predicted molar refractivity (Wildman–Crippen MR) is 79.5 cm³/mol. The van der Waals surface area contributed by atoms with Crippen LogP contribution in [-0.4, -0.2) is 11.8 Å². The van der Waals surface area contributed by atoms with Crippen LogP contribution in [0.25, 0.3) is 0 Å². The molecule has 98 valence electrons. The van der Waals surface area contributed by atoms with Crippen LogP contribution in [0, 0.1) is 0 Å². The van der Waals surface area contributed by atoms with Crippen molar-refractivity contribution in [2.24, 2.45) is 4.99 Å². The van der Waals surface area contributed by atoms with Crippen molar-refractivity contribution in [1.82, 2.24) is 0 Å². The molecule has 0 radical (unpaired) electrons. The summed E-state index contributed by atoms with van der Waals surface area (Å²) in [5.74, 6) is 0. The number of hydrogen-bond donors (Lipinski definition) is 0. The molecular weight excluding hydrogens is 218 g/mol. The zero-order valence-corrected chi connectivity index (χ0v) is 11.8. The lowest BCUT2D eigenvalue weighted by atomic mass is 9.95. The Morgan fingerprint density at radius 2 is 1.78 bits per heavy atom. The molecule has 1 fully saturated rings. The van der Waals surface area contributed by atoms with Crippen LogP contribution in [0.5, 0.6) is 0 Å². The monoisotopic (exact) mass is 243 g/mol. The van der Waals surface area contributed by atoms with Gasteiger partial charge in [-0.15, -0.1) is 0 Å². The standard InChI is InChI=1S/C17H25N/c1-3-7-15-10-12-16(13-11-15)14(2)18-17-8-5-4-6-9-17/h10-13,17H,3-9H2,1-2H3. The topological polar surface area (TPSA) is 12.4 Å². The van der Waals surface area contributed by atoms with Gasteiger partial charge in [-0.2, -0.15) is 0 Å².